The molecule has 2 nitrogen and oxygen atoms in total. The number of rotatable bonds is 6. The van der Waals surface area contributed by atoms with E-state index in [1.807, 2.05) is 32.6 Å². The van der Waals surface area contributed by atoms with E-state index in [0.29, 0.717) is 19.5 Å². The molecule has 0 bridgehead atoms. The van der Waals surface area contributed by atoms with Gasteiger partial charge in [-0.05, 0) is 38.6 Å². The van der Waals surface area contributed by atoms with Gasteiger partial charge in [-0.25, -0.2) is 8.78 Å². The maximum absolute atomic E-state index is 13.8. The molecule has 0 fully saturated rings. The van der Waals surface area contributed by atoms with Gasteiger partial charge in [0, 0.05) is 6.07 Å². The number of Topliss-reactive ketones (excluding diaryl/α,β-unsaturated/α-hetero) is 1. The second-order valence-electron chi connectivity index (χ2n) is 4.75. The van der Waals surface area contributed by atoms with Gasteiger partial charge in [-0.15, -0.1) is 0 Å². The summed E-state index contributed by atoms with van der Waals surface area (Å²) in [5.74, 6) is -1.76. The van der Waals surface area contributed by atoms with Crippen LogP contribution in [0.5, 0.6) is 0 Å². The fourth-order valence-electron chi connectivity index (χ4n) is 2.41. The molecule has 0 N–H and O–H groups in total. The molecular weight excluding hydrogens is 248 g/mol. The van der Waals surface area contributed by atoms with E-state index in [4.69, 9.17) is 0 Å². The zero-order valence-corrected chi connectivity index (χ0v) is 12.0. The van der Waals surface area contributed by atoms with Gasteiger partial charge in [0.2, 0.25) is 0 Å². The fraction of sp³-hybridized carbons (Fsp3) is 0.533. The van der Waals surface area contributed by atoms with Crippen molar-refractivity contribution in [2.24, 2.45) is 0 Å². The second kappa shape index (κ2) is 6.24. The number of hydrogen-bond acceptors (Lipinski definition) is 2. The van der Waals surface area contributed by atoms with Crippen LogP contribution in [0.15, 0.2) is 18.2 Å². The summed E-state index contributed by atoms with van der Waals surface area (Å²) in [5.41, 5.74) is -0.806. The van der Waals surface area contributed by atoms with Crippen molar-refractivity contribution in [2.45, 2.75) is 39.7 Å². The highest BCUT2D eigenvalue weighted by Crippen LogP contribution is 2.26. The van der Waals surface area contributed by atoms with Gasteiger partial charge >= 0.3 is 0 Å². The monoisotopic (exact) mass is 269 g/mol. The van der Waals surface area contributed by atoms with Crippen molar-refractivity contribution in [2.75, 3.05) is 13.1 Å². The normalized spacial score (nSPS) is 14.5. The Hall–Kier alpha value is -1.29. The van der Waals surface area contributed by atoms with Crippen LogP contribution in [0.2, 0.25) is 0 Å². The number of carbonyl (C=O) groups is 1. The zero-order chi connectivity index (χ0) is 14.6. The first-order valence-electron chi connectivity index (χ1n) is 6.65. The smallest absolute Gasteiger partial charge is 0.185 e. The largest absolute Gasteiger partial charge is 0.292 e. The standard InChI is InChI=1S/C15H21F2NO/c1-5-15(4,18(6-2)7-3)14(19)12-9-8-11(16)10-13(12)17/h8-10H,5-7H2,1-4H3. The van der Waals surface area contributed by atoms with Crippen LogP contribution in [-0.2, 0) is 0 Å². The molecule has 0 aromatic heterocycles. The Kier molecular flexibility index (Phi) is 5.18. The quantitative estimate of drug-likeness (QED) is 0.735. The highest BCUT2D eigenvalue weighted by molar-refractivity contribution is 6.03. The Labute approximate surface area is 113 Å². The third-order valence-corrected chi connectivity index (χ3v) is 3.81. The van der Waals surface area contributed by atoms with Gasteiger partial charge in [0.25, 0.3) is 0 Å². The van der Waals surface area contributed by atoms with E-state index >= 15 is 0 Å². The molecule has 0 amide bonds. The number of halogens is 2. The molecule has 4 heteroatoms. The molecule has 0 saturated heterocycles. The number of nitrogens with zero attached hydrogens (tertiary/aromatic N) is 1. The van der Waals surface area contributed by atoms with Gasteiger partial charge < -0.3 is 0 Å². The van der Waals surface area contributed by atoms with E-state index in [0.717, 1.165) is 12.1 Å². The lowest BCUT2D eigenvalue weighted by molar-refractivity contribution is 0.0603. The maximum atomic E-state index is 13.8. The Balaban J connectivity index is 3.21. The van der Waals surface area contributed by atoms with Crippen molar-refractivity contribution < 1.29 is 13.6 Å². The summed E-state index contributed by atoms with van der Waals surface area (Å²) in [6.07, 6.45) is 0.574. The van der Waals surface area contributed by atoms with Crippen LogP contribution >= 0.6 is 0 Å². The molecule has 1 unspecified atom stereocenters. The summed E-state index contributed by atoms with van der Waals surface area (Å²) in [5, 5.41) is 0. The van der Waals surface area contributed by atoms with E-state index in [2.05, 4.69) is 0 Å². The van der Waals surface area contributed by atoms with Gasteiger partial charge in [0.1, 0.15) is 11.6 Å². The van der Waals surface area contributed by atoms with E-state index < -0.39 is 17.2 Å². The topological polar surface area (TPSA) is 20.3 Å². The van der Waals surface area contributed by atoms with Crippen LogP contribution in [0.4, 0.5) is 8.78 Å². The minimum Gasteiger partial charge on any atom is -0.292 e. The minimum atomic E-state index is -0.795. The molecule has 0 aliphatic heterocycles. The molecule has 19 heavy (non-hydrogen) atoms. The summed E-state index contributed by atoms with van der Waals surface area (Å²) < 4.78 is 26.7. The predicted octanol–water partition coefficient (Wildman–Crippen LogP) is 3.66. The molecular formula is C15H21F2NO. The van der Waals surface area contributed by atoms with E-state index in [-0.39, 0.29) is 11.3 Å². The summed E-state index contributed by atoms with van der Waals surface area (Å²) in [6.45, 7) is 9.05. The van der Waals surface area contributed by atoms with Crippen molar-refractivity contribution >= 4 is 5.78 Å². The van der Waals surface area contributed by atoms with E-state index in [9.17, 15) is 13.6 Å². The summed E-state index contributed by atoms with van der Waals surface area (Å²) in [6, 6.07) is 3.10. The Morgan fingerprint density at radius 1 is 1.21 bits per heavy atom. The van der Waals surface area contributed by atoms with Gasteiger partial charge in [-0.1, -0.05) is 20.8 Å². The van der Waals surface area contributed by atoms with Crippen LogP contribution < -0.4 is 0 Å². The average Bonchev–Trinajstić information content (AvgIpc) is 2.39. The summed E-state index contributed by atoms with van der Waals surface area (Å²) in [7, 11) is 0. The molecule has 0 radical (unpaired) electrons. The molecule has 106 valence electrons. The average molecular weight is 269 g/mol. The molecule has 0 heterocycles. The number of carbonyl (C=O) groups excluding carboxylic acids is 1. The third-order valence-electron chi connectivity index (χ3n) is 3.81. The van der Waals surface area contributed by atoms with Gasteiger partial charge in [0.15, 0.2) is 5.78 Å². The van der Waals surface area contributed by atoms with Crippen molar-refractivity contribution in [1.29, 1.82) is 0 Å². The van der Waals surface area contributed by atoms with E-state index in [1.54, 1.807) is 0 Å². The first-order chi connectivity index (χ1) is 8.90. The van der Waals surface area contributed by atoms with Crippen LogP contribution in [0, 0.1) is 11.6 Å². The first-order valence-corrected chi connectivity index (χ1v) is 6.65. The second-order valence-corrected chi connectivity index (χ2v) is 4.75. The van der Waals surface area contributed by atoms with Crippen molar-refractivity contribution in [1.82, 2.24) is 4.90 Å². The van der Waals surface area contributed by atoms with Crippen LogP contribution in [0.3, 0.4) is 0 Å². The van der Waals surface area contributed by atoms with Crippen LogP contribution in [-0.4, -0.2) is 29.3 Å². The van der Waals surface area contributed by atoms with Gasteiger partial charge in [0.05, 0.1) is 11.1 Å². The Bertz CT molecular complexity index is 457. The molecule has 1 atom stereocenters. The number of hydrogen-bond donors (Lipinski definition) is 0. The lowest BCUT2D eigenvalue weighted by Gasteiger charge is -2.38. The molecule has 0 aliphatic rings. The van der Waals surface area contributed by atoms with E-state index in [1.165, 1.54) is 6.07 Å². The molecule has 1 rings (SSSR count). The van der Waals surface area contributed by atoms with Gasteiger partial charge in [-0.2, -0.15) is 0 Å². The van der Waals surface area contributed by atoms with Crippen molar-refractivity contribution in [3.8, 4) is 0 Å². The zero-order valence-electron chi connectivity index (χ0n) is 12.0. The number of ketones is 1. The van der Waals surface area contributed by atoms with Crippen molar-refractivity contribution in [3.63, 3.8) is 0 Å². The first kappa shape index (κ1) is 15.8. The minimum absolute atomic E-state index is 0.0438. The number of benzene rings is 1. The third kappa shape index (κ3) is 3.00. The van der Waals surface area contributed by atoms with Crippen molar-refractivity contribution in [3.05, 3.63) is 35.4 Å². The highest BCUT2D eigenvalue weighted by atomic mass is 19.1. The molecule has 1 aromatic rings. The molecule has 1 aromatic carbocycles. The summed E-state index contributed by atoms with van der Waals surface area (Å²) >= 11 is 0. The maximum Gasteiger partial charge on any atom is 0.185 e. The highest BCUT2D eigenvalue weighted by Gasteiger charge is 2.37. The molecule has 0 saturated carbocycles. The predicted molar refractivity (Wildman–Crippen MR) is 72.3 cm³/mol. The van der Waals surface area contributed by atoms with Crippen LogP contribution in [0.25, 0.3) is 0 Å². The molecule has 0 spiro atoms. The lowest BCUT2D eigenvalue weighted by Crippen LogP contribution is -2.52. The fourth-order valence-corrected chi connectivity index (χ4v) is 2.41. The SMILES string of the molecule is CCN(CC)C(C)(CC)C(=O)c1ccc(F)cc1F. The van der Waals surface area contributed by atoms with Crippen LogP contribution in [0.1, 0.15) is 44.5 Å². The number of likely N-dealkylation sites (N-methyl/N-ethyl adjacent to an activating group) is 1. The summed E-state index contributed by atoms with van der Waals surface area (Å²) in [4.78, 5) is 14.6. The Morgan fingerprint density at radius 3 is 2.21 bits per heavy atom. The van der Waals surface area contributed by atoms with Gasteiger partial charge in [-0.3, -0.25) is 9.69 Å². The Morgan fingerprint density at radius 2 is 1.79 bits per heavy atom. The lowest BCUT2D eigenvalue weighted by atomic mass is 9.86. The molecule has 0 aliphatic carbocycles.